The maximum atomic E-state index is 5.90. The maximum absolute atomic E-state index is 5.90. The van der Waals surface area contributed by atoms with Crippen molar-refractivity contribution in [3.8, 4) is 0 Å². The number of allylic oxidation sites excluding steroid dienone is 2. The fourth-order valence-corrected chi connectivity index (χ4v) is 2.95. The van der Waals surface area contributed by atoms with Crippen molar-refractivity contribution in [1.29, 1.82) is 0 Å². The zero-order chi connectivity index (χ0) is 18.4. The van der Waals surface area contributed by atoms with Gasteiger partial charge in [0.15, 0.2) is 6.29 Å². The Kier molecular flexibility index (Phi) is 22.3. The van der Waals surface area contributed by atoms with Crippen molar-refractivity contribution in [2.24, 2.45) is 0 Å². The van der Waals surface area contributed by atoms with Crippen LogP contribution in [0, 0.1) is 0 Å². The number of unbranched alkanes of at least 4 members (excludes halogenated alkanes) is 9. The van der Waals surface area contributed by atoms with Gasteiger partial charge in [0.05, 0.1) is 0 Å². The summed E-state index contributed by atoms with van der Waals surface area (Å²) in [5, 5.41) is 1.08. The highest BCUT2D eigenvalue weighted by Gasteiger charge is 2.08. The highest BCUT2D eigenvalue weighted by atomic mass is 79.9. The number of ether oxygens (including phenoxy) is 2. The third-order valence-corrected chi connectivity index (χ3v) is 4.81. The molecule has 0 heterocycles. The van der Waals surface area contributed by atoms with Crippen LogP contribution in [0.4, 0.5) is 0 Å². The first-order valence-corrected chi connectivity index (χ1v) is 11.9. The van der Waals surface area contributed by atoms with Crippen LogP contribution < -0.4 is 0 Å². The second kappa shape index (κ2) is 22.2. The first-order chi connectivity index (χ1) is 12.3. The molecule has 0 saturated heterocycles. The summed E-state index contributed by atoms with van der Waals surface area (Å²) >= 11 is 3.45. The van der Waals surface area contributed by atoms with Crippen molar-refractivity contribution in [2.75, 3.05) is 18.5 Å². The van der Waals surface area contributed by atoms with Crippen molar-refractivity contribution in [3.63, 3.8) is 0 Å². The van der Waals surface area contributed by atoms with E-state index in [1.165, 1.54) is 64.2 Å². The minimum Gasteiger partial charge on any atom is -0.353 e. The molecule has 0 amide bonds. The highest BCUT2D eigenvalue weighted by Crippen LogP contribution is 2.13. The van der Waals surface area contributed by atoms with E-state index in [-0.39, 0.29) is 6.29 Å². The third-order valence-electron chi connectivity index (χ3n) is 4.36. The lowest BCUT2D eigenvalue weighted by Crippen LogP contribution is -2.18. The molecule has 0 N–H and O–H groups in total. The van der Waals surface area contributed by atoms with Gasteiger partial charge in [-0.2, -0.15) is 0 Å². The van der Waals surface area contributed by atoms with Gasteiger partial charge in [0.1, 0.15) is 0 Å². The van der Waals surface area contributed by atoms with Gasteiger partial charge in [0.25, 0.3) is 0 Å². The Balaban J connectivity index is 3.49. The van der Waals surface area contributed by atoms with E-state index in [0.29, 0.717) is 0 Å². The molecule has 150 valence electrons. The van der Waals surface area contributed by atoms with Crippen LogP contribution in [0.3, 0.4) is 0 Å². The molecule has 0 aliphatic carbocycles. The largest absolute Gasteiger partial charge is 0.353 e. The highest BCUT2D eigenvalue weighted by molar-refractivity contribution is 9.09. The summed E-state index contributed by atoms with van der Waals surface area (Å²) < 4.78 is 11.8. The Morgan fingerprint density at radius 1 is 0.680 bits per heavy atom. The minimum absolute atomic E-state index is 0.0319. The molecule has 0 aromatic heterocycles. The van der Waals surface area contributed by atoms with E-state index in [4.69, 9.17) is 9.47 Å². The smallest absolute Gasteiger partial charge is 0.157 e. The molecule has 0 radical (unpaired) electrons. The summed E-state index contributed by atoms with van der Waals surface area (Å²) in [4.78, 5) is 0. The molecule has 0 saturated carbocycles. The van der Waals surface area contributed by atoms with E-state index in [1.807, 2.05) is 0 Å². The Bertz CT molecular complexity index is 259. The van der Waals surface area contributed by atoms with Crippen LogP contribution in [0.15, 0.2) is 12.2 Å². The molecule has 0 aliphatic heterocycles. The lowest BCUT2D eigenvalue weighted by molar-refractivity contribution is -0.147. The first kappa shape index (κ1) is 25.1. The molecular formula is C22H43BrO2. The van der Waals surface area contributed by atoms with Crippen LogP contribution in [-0.2, 0) is 9.47 Å². The molecule has 0 fully saturated rings. The Morgan fingerprint density at radius 3 is 1.76 bits per heavy atom. The van der Waals surface area contributed by atoms with Gasteiger partial charge >= 0.3 is 0 Å². The molecule has 0 bridgehead atoms. The third kappa shape index (κ3) is 20.3. The molecule has 0 spiro atoms. The number of hydrogen-bond donors (Lipinski definition) is 0. The maximum Gasteiger partial charge on any atom is 0.157 e. The van der Waals surface area contributed by atoms with Crippen molar-refractivity contribution in [3.05, 3.63) is 12.2 Å². The van der Waals surface area contributed by atoms with Gasteiger partial charge in [-0.05, 0) is 44.9 Å². The number of hydrogen-bond acceptors (Lipinski definition) is 2. The zero-order valence-electron chi connectivity index (χ0n) is 16.9. The predicted molar refractivity (Wildman–Crippen MR) is 115 cm³/mol. The Hall–Kier alpha value is 0.140. The lowest BCUT2D eigenvalue weighted by atomic mass is 10.1. The zero-order valence-corrected chi connectivity index (χ0v) is 18.5. The monoisotopic (exact) mass is 418 g/mol. The van der Waals surface area contributed by atoms with Gasteiger partial charge in [0, 0.05) is 18.5 Å². The van der Waals surface area contributed by atoms with E-state index < -0.39 is 0 Å². The Morgan fingerprint density at radius 2 is 1.20 bits per heavy atom. The van der Waals surface area contributed by atoms with Gasteiger partial charge in [-0.3, -0.25) is 0 Å². The predicted octanol–water partition coefficient (Wildman–Crippen LogP) is 7.80. The second-order valence-corrected chi connectivity index (χ2v) is 7.67. The minimum atomic E-state index is 0.0319. The molecule has 0 unspecified atom stereocenters. The molecule has 0 rings (SSSR count). The standard InChI is InChI=1S/C22H43BrO2/c1-3-5-20-24-22(25-21-6-4-2)18-16-14-12-10-8-7-9-11-13-15-17-19-23/h13,15,22H,3-12,14,16-21H2,1-2H3/b15-13+. The number of rotatable bonds is 20. The van der Waals surface area contributed by atoms with E-state index in [0.717, 1.165) is 44.2 Å². The summed E-state index contributed by atoms with van der Waals surface area (Å²) in [6, 6.07) is 0. The quantitative estimate of drug-likeness (QED) is 0.0867. The van der Waals surface area contributed by atoms with Crippen LogP contribution >= 0.6 is 15.9 Å². The van der Waals surface area contributed by atoms with Gasteiger partial charge in [0.2, 0.25) is 0 Å². The molecular weight excluding hydrogens is 376 g/mol. The SMILES string of the molecule is CCCCOC(CCCCCCCCC/C=C/CCBr)OCCCC. The molecule has 0 aromatic rings. The number of alkyl halides is 1. The average Bonchev–Trinajstić information content (AvgIpc) is 2.62. The van der Waals surface area contributed by atoms with E-state index in [9.17, 15) is 0 Å². The summed E-state index contributed by atoms with van der Waals surface area (Å²) in [7, 11) is 0. The van der Waals surface area contributed by atoms with Gasteiger partial charge in [-0.1, -0.05) is 86.9 Å². The van der Waals surface area contributed by atoms with Crippen LogP contribution in [0.1, 0.15) is 104 Å². The summed E-state index contributed by atoms with van der Waals surface area (Å²) in [5.74, 6) is 0. The van der Waals surface area contributed by atoms with Gasteiger partial charge in [-0.15, -0.1) is 0 Å². The van der Waals surface area contributed by atoms with E-state index in [2.05, 4.69) is 41.9 Å². The molecule has 0 aliphatic rings. The van der Waals surface area contributed by atoms with Crippen LogP contribution in [-0.4, -0.2) is 24.8 Å². The van der Waals surface area contributed by atoms with Crippen molar-refractivity contribution < 1.29 is 9.47 Å². The van der Waals surface area contributed by atoms with Gasteiger partial charge < -0.3 is 9.47 Å². The lowest BCUT2D eigenvalue weighted by Gasteiger charge is -2.18. The van der Waals surface area contributed by atoms with Crippen molar-refractivity contribution in [2.45, 2.75) is 110 Å². The topological polar surface area (TPSA) is 18.5 Å². The first-order valence-electron chi connectivity index (χ1n) is 10.8. The number of halogens is 1. The second-order valence-electron chi connectivity index (χ2n) is 6.88. The summed E-state index contributed by atoms with van der Waals surface area (Å²) in [6.07, 6.45) is 22.2. The normalized spacial score (nSPS) is 11.8. The molecule has 25 heavy (non-hydrogen) atoms. The summed E-state index contributed by atoms with van der Waals surface area (Å²) in [6.45, 7) is 6.10. The van der Waals surface area contributed by atoms with Crippen LogP contribution in [0.5, 0.6) is 0 Å². The Labute approximate surface area is 166 Å². The van der Waals surface area contributed by atoms with Crippen LogP contribution in [0.2, 0.25) is 0 Å². The molecule has 2 nitrogen and oxygen atoms in total. The molecule has 0 aromatic carbocycles. The van der Waals surface area contributed by atoms with Crippen molar-refractivity contribution in [1.82, 2.24) is 0 Å². The summed E-state index contributed by atoms with van der Waals surface area (Å²) in [5.41, 5.74) is 0. The van der Waals surface area contributed by atoms with E-state index >= 15 is 0 Å². The molecule has 0 atom stereocenters. The van der Waals surface area contributed by atoms with E-state index in [1.54, 1.807) is 0 Å². The average molecular weight is 419 g/mol. The molecule has 3 heteroatoms. The van der Waals surface area contributed by atoms with Gasteiger partial charge in [-0.25, -0.2) is 0 Å². The fraction of sp³-hybridized carbons (Fsp3) is 0.909. The van der Waals surface area contributed by atoms with Crippen molar-refractivity contribution >= 4 is 15.9 Å². The van der Waals surface area contributed by atoms with Crippen LogP contribution in [0.25, 0.3) is 0 Å². The fourth-order valence-electron chi connectivity index (χ4n) is 2.69.